The van der Waals surface area contributed by atoms with Crippen LogP contribution >= 0.6 is 11.6 Å². The third kappa shape index (κ3) is 5.28. The van der Waals surface area contributed by atoms with Gasteiger partial charge in [-0.2, -0.15) is 5.10 Å². The number of halogens is 1. The predicted octanol–water partition coefficient (Wildman–Crippen LogP) is 4.74. The second-order valence-corrected chi connectivity index (χ2v) is 7.40. The molecule has 1 aromatic heterocycles. The van der Waals surface area contributed by atoms with Crippen molar-refractivity contribution in [2.24, 2.45) is 0 Å². The number of nitrogens with zero attached hydrogens (tertiary/aromatic N) is 2. The van der Waals surface area contributed by atoms with E-state index in [0.29, 0.717) is 23.1 Å². The summed E-state index contributed by atoms with van der Waals surface area (Å²) in [4.78, 5) is 12.4. The van der Waals surface area contributed by atoms with Crippen molar-refractivity contribution < 1.29 is 14.3 Å². The first-order chi connectivity index (χ1) is 14.7. The maximum Gasteiger partial charge on any atom is 0.248 e. The molecule has 4 rings (SSSR count). The quantitative estimate of drug-likeness (QED) is 0.557. The van der Waals surface area contributed by atoms with Crippen LogP contribution in [0.1, 0.15) is 18.4 Å². The van der Waals surface area contributed by atoms with Gasteiger partial charge in [-0.25, -0.2) is 4.68 Å². The van der Waals surface area contributed by atoms with E-state index in [1.807, 2.05) is 36.5 Å². The molecule has 2 heterocycles. The van der Waals surface area contributed by atoms with Gasteiger partial charge in [-0.1, -0.05) is 29.8 Å². The zero-order chi connectivity index (χ0) is 20.8. The number of carbonyl (C=O) groups excluding carboxylic acids is 1. The molecule has 0 aliphatic carbocycles. The Morgan fingerprint density at radius 2 is 2.17 bits per heavy atom. The van der Waals surface area contributed by atoms with Crippen molar-refractivity contribution in [1.82, 2.24) is 9.78 Å². The van der Waals surface area contributed by atoms with Crippen LogP contribution in [0.15, 0.2) is 67.0 Å². The number of rotatable bonds is 7. The number of hydrogen-bond acceptors (Lipinski definition) is 4. The number of hydrogen-bond donors (Lipinski definition) is 1. The number of amides is 1. The van der Waals surface area contributed by atoms with E-state index in [1.165, 1.54) is 6.08 Å². The Labute approximate surface area is 180 Å². The van der Waals surface area contributed by atoms with Gasteiger partial charge in [-0.3, -0.25) is 4.79 Å². The molecule has 1 aliphatic rings. The topological polar surface area (TPSA) is 65.4 Å². The lowest BCUT2D eigenvalue weighted by atomic mass is 10.2. The largest absolute Gasteiger partial charge is 0.489 e. The van der Waals surface area contributed by atoms with Crippen LogP contribution in [0.4, 0.5) is 5.69 Å². The molecular formula is C23H22ClN3O3. The highest BCUT2D eigenvalue weighted by atomic mass is 35.5. The molecule has 0 radical (unpaired) electrons. The molecule has 2 aromatic carbocycles. The molecule has 6 nitrogen and oxygen atoms in total. The lowest BCUT2D eigenvalue weighted by molar-refractivity contribution is -0.111. The highest BCUT2D eigenvalue weighted by Crippen LogP contribution is 2.29. The number of carbonyl (C=O) groups is 1. The molecule has 0 bridgehead atoms. The van der Waals surface area contributed by atoms with Gasteiger partial charge >= 0.3 is 0 Å². The van der Waals surface area contributed by atoms with Crippen LogP contribution < -0.4 is 10.1 Å². The van der Waals surface area contributed by atoms with Crippen LogP contribution in [-0.2, 0) is 9.53 Å². The van der Waals surface area contributed by atoms with Gasteiger partial charge in [0.1, 0.15) is 12.4 Å². The monoisotopic (exact) mass is 423 g/mol. The summed E-state index contributed by atoms with van der Waals surface area (Å²) in [6.07, 6.45) is 8.83. The minimum atomic E-state index is -0.285. The van der Waals surface area contributed by atoms with Gasteiger partial charge in [0.15, 0.2) is 0 Å². The van der Waals surface area contributed by atoms with E-state index in [0.717, 1.165) is 30.7 Å². The van der Waals surface area contributed by atoms with Gasteiger partial charge in [-0.15, -0.1) is 0 Å². The molecule has 3 aromatic rings. The SMILES string of the molecule is O=C(/C=C/c1cnn(-c2ccccc2)c1)Nc1cc(Cl)ccc1OCC1CCCO1. The first-order valence-corrected chi connectivity index (χ1v) is 10.2. The first kappa shape index (κ1) is 20.2. The number of para-hydroxylation sites is 1. The van der Waals surface area contributed by atoms with Crippen molar-refractivity contribution >= 4 is 29.3 Å². The summed E-state index contributed by atoms with van der Waals surface area (Å²) in [5.41, 5.74) is 2.29. The fraction of sp³-hybridized carbons (Fsp3) is 0.217. The zero-order valence-electron chi connectivity index (χ0n) is 16.3. The molecule has 1 atom stereocenters. The number of anilines is 1. The average molecular weight is 424 g/mol. The Morgan fingerprint density at radius 3 is 2.97 bits per heavy atom. The zero-order valence-corrected chi connectivity index (χ0v) is 17.1. The van der Waals surface area contributed by atoms with E-state index in [9.17, 15) is 4.79 Å². The van der Waals surface area contributed by atoms with Crippen LogP contribution in [0, 0.1) is 0 Å². The van der Waals surface area contributed by atoms with E-state index in [1.54, 1.807) is 35.2 Å². The second kappa shape index (κ2) is 9.61. The molecule has 0 spiro atoms. The Balaban J connectivity index is 1.40. The van der Waals surface area contributed by atoms with E-state index in [2.05, 4.69) is 10.4 Å². The number of ether oxygens (including phenoxy) is 2. The van der Waals surface area contributed by atoms with Gasteiger partial charge < -0.3 is 14.8 Å². The van der Waals surface area contributed by atoms with E-state index in [4.69, 9.17) is 21.1 Å². The first-order valence-electron chi connectivity index (χ1n) is 9.80. The summed E-state index contributed by atoms with van der Waals surface area (Å²) in [5.74, 6) is 0.278. The third-order valence-corrected chi connectivity index (χ3v) is 4.93. The summed E-state index contributed by atoms with van der Waals surface area (Å²) in [5, 5.41) is 7.67. The smallest absolute Gasteiger partial charge is 0.248 e. The summed E-state index contributed by atoms with van der Waals surface area (Å²) in [6.45, 7) is 1.21. The summed E-state index contributed by atoms with van der Waals surface area (Å²) < 4.78 is 13.2. The molecule has 154 valence electrons. The summed E-state index contributed by atoms with van der Waals surface area (Å²) in [7, 11) is 0. The van der Waals surface area contributed by atoms with Crippen LogP contribution in [-0.4, -0.2) is 35.0 Å². The minimum absolute atomic E-state index is 0.0882. The summed E-state index contributed by atoms with van der Waals surface area (Å²) in [6, 6.07) is 14.9. The van der Waals surface area contributed by atoms with E-state index < -0.39 is 0 Å². The van der Waals surface area contributed by atoms with Crippen LogP contribution in [0.3, 0.4) is 0 Å². The third-order valence-electron chi connectivity index (χ3n) is 4.70. The molecule has 1 saturated heterocycles. The Kier molecular flexibility index (Phi) is 6.47. The Hall–Kier alpha value is -3.09. The van der Waals surface area contributed by atoms with Gasteiger partial charge in [0.2, 0.25) is 5.91 Å². The van der Waals surface area contributed by atoms with Crippen molar-refractivity contribution in [2.75, 3.05) is 18.5 Å². The van der Waals surface area contributed by atoms with Crippen molar-refractivity contribution in [1.29, 1.82) is 0 Å². The highest BCUT2D eigenvalue weighted by Gasteiger charge is 2.17. The molecule has 30 heavy (non-hydrogen) atoms. The fourth-order valence-electron chi connectivity index (χ4n) is 3.18. The van der Waals surface area contributed by atoms with Crippen LogP contribution in [0.5, 0.6) is 5.75 Å². The maximum absolute atomic E-state index is 12.4. The van der Waals surface area contributed by atoms with Crippen molar-refractivity contribution in [3.05, 3.63) is 77.6 Å². The van der Waals surface area contributed by atoms with E-state index >= 15 is 0 Å². The molecule has 7 heteroatoms. The van der Waals surface area contributed by atoms with Crippen molar-refractivity contribution in [3.8, 4) is 11.4 Å². The second-order valence-electron chi connectivity index (χ2n) is 6.96. The fourth-order valence-corrected chi connectivity index (χ4v) is 3.35. The molecule has 1 aliphatic heterocycles. The normalized spacial score (nSPS) is 16.1. The molecule has 1 N–H and O–H groups in total. The standard InChI is InChI=1S/C23H22ClN3O3/c24-18-9-10-22(30-16-20-7-4-12-29-20)21(13-18)26-23(28)11-8-17-14-25-27(15-17)19-5-2-1-3-6-19/h1-3,5-6,8-11,13-15,20H,4,7,12,16H2,(H,26,28)/b11-8+. The number of nitrogens with one attached hydrogen (secondary N) is 1. The highest BCUT2D eigenvalue weighted by molar-refractivity contribution is 6.31. The molecule has 1 unspecified atom stereocenters. The minimum Gasteiger partial charge on any atom is -0.489 e. The lowest BCUT2D eigenvalue weighted by Crippen LogP contribution is -2.17. The van der Waals surface area contributed by atoms with Crippen LogP contribution in [0.25, 0.3) is 11.8 Å². The Bertz CT molecular complexity index is 1030. The molecule has 1 amide bonds. The molecule has 0 saturated carbocycles. The van der Waals surface area contributed by atoms with E-state index in [-0.39, 0.29) is 12.0 Å². The number of aromatic nitrogens is 2. The maximum atomic E-state index is 12.4. The number of benzene rings is 2. The molecular weight excluding hydrogens is 402 g/mol. The van der Waals surface area contributed by atoms with Crippen LogP contribution in [0.2, 0.25) is 5.02 Å². The molecule has 1 fully saturated rings. The van der Waals surface area contributed by atoms with Crippen molar-refractivity contribution in [2.45, 2.75) is 18.9 Å². The predicted molar refractivity (Wildman–Crippen MR) is 117 cm³/mol. The summed E-state index contributed by atoms with van der Waals surface area (Å²) >= 11 is 6.10. The van der Waals surface area contributed by atoms with Gasteiger partial charge in [0, 0.05) is 29.5 Å². The average Bonchev–Trinajstić information content (AvgIpc) is 3.45. The van der Waals surface area contributed by atoms with Gasteiger partial charge in [0.25, 0.3) is 0 Å². The van der Waals surface area contributed by atoms with Gasteiger partial charge in [0.05, 0.1) is 23.7 Å². The lowest BCUT2D eigenvalue weighted by Gasteiger charge is -2.15. The van der Waals surface area contributed by atoms with Gasteiger partial charge in [-0.05, 0) is 49.2 Å². The van der Waals surface area contributed by atoms with Crippen molar-refractivity contribution in [3.63, 3.8) is 0 Å². The Morgan fingerprint density at radius 1 is 1.30 bits per heavy atom.